The van der Waals surface area contributed by atoms with Gasteiger partial charge in [-0.25, -0.2) is 21.6 Å². The second-order valence-corrected chi connectivity index (χ2v) is 18.5. The highest BCUT2D eigenvalue weighted by Crippen LogP contribution is 2.52. The molecule has 2 N–H and O–H groups in total. The summed E-state index contributed by atoms with van der Waals surface area (Å²) in [6, 6.07) is 15.3. The Morgan fingerprint density at radius 2 is 1.37 bits per heavy atom. The van der Waals surface area contributed by atoms with Crippen molar-refractivity contribution in [1.82, 2.24) is 0 Å². The molecule has 2 heterocycles. The normalized spacial score (nSPS) is 19.4. The standard InChI is InChI=1S/C42H39ClN2O10S2/c1-41(2)34(44(22-36(46)47)30-18-16-26-28(38(30)41)10-6-12-32(26)56(50,51)52)20-14-24-8-5-9-25(40(24)43)15-21-35-42(3,4)39-29-11-7-13-33(57(53,54)55)27(29)17-19-31(39)45(35)23-37(48)49/h6-7,10-21H,5,8-9,22-23H2,1-4H3,(H3-,46,47,48,49,50,51,52,53,54,55)/p-1. The van der Waals surface area contributed by atoms with Gasteiger partial charge in [-0.2, -0.15) is 4.58 Å². The van der Waals surface area contributed by atoms with Crippen molar-refractivity contribution < 1.29 is 50.3 Å². The van der Waals surface area contributed by atoms with Gasteiger partial charge in [0, 0.05) is 39.5 Å². The van der Waals surface area contributed by atoms with E-state index in [1.165, 1.54) is 36.4 Å². The summed E-state index contributed by atoms with van der Waals surface area (Å²) >= 11 is 7.09. The quantitative estimate of drug-likeness (QED) is 0.128. The number of halogens is 1. The maximum atomic E-state index is 12.2. The summed E-state index contributed by atoms with van der Waals surface area (Å²) in [5.41, 5.74) is 3.74. The molecule has 0 atom stereocenters. The average molecular weight is 830 g/mol. The largest absolute Gasteiger partial charge is 0.744 e. The fourth-order valence-electron chi connectivity index (χ4n) is 8.80. The lowest BCUT2D eigenvalue weighted by molar-refractivity contribution is -0.427. The van der Waals surface area contributed by atoms with Crippen LogP contribution in [0.15, 0.2) is 117 Å². The molecule has 0 unspecified atom stereocenters. The van der Waals surface area contributed by atoms with Crippen LogP contribution in [0.25, 0.3) is 21.5 Å². The molecule has 0 aromatic heterocycles. The summed E-state index contributed by atoms with van der Waals surface area (Å²) in [4.78, 5) is 25.3. The Bertz CT molecular complexity index is 2850. The molecular weight excluding hydrogens is 792 g/mol. The number of fused-ring (bicyclic) bond motifs is 6. The molecule has 296 valence electrons. The first kappa shape index (κ1) is 40.1. The molecule has 0 bridgehead atoms. The molecule has 15 heteroatoms. The van der Waals surface area contributed by atoms with Crippen LogP contribution in [0.1, 0.15) is 58.1 Å². The minimum Gasteiger partial charge on any atom is -0.744 e. The van der Waals surface area contributed by atoms with Crippen molar-refractivity contribution in [3.8, 4) is 0 Å². The molecule has 0 radical (unpaired) electrons. The predicted molar refractivity (Wildman–Crippen MR) is 214 cm³/mol. The Labute approximate surface area is 334 Å². The van der Waals surface area contributed by atoms with E-state index >= 15 is 0 Å². The predicted octanol–water partition coefficient (Wildman–Crippen LogP) is 7.19. The molecular formula is C42H38ClN2O10S2-. The summed E-state index contributed by atoms with van der Waals surface area (Å²) in [5, 5.41) is 21.9. The number of hydrogen-bond donors (Lipinski definition) is 2. The molecule has 12 nitrogen and oxygen atoms in total. The Balaban J connectivity index is 1.30. The van der Waals surface area contributed by atoms with Crippen molar-refractivity contribution in [3.63, 3.8) is 0 Å². The Kier molecular flexibility index (Phi) is 9.89. The number of benzene rings is 4. The van der Waals surface area contributed by atoms with Gasteiger partial charge in [0.05, 0.1) is 15.2 Å². The Hall–Kier alpha value is -5.12. The second-order valence-electron chi connectivity index (χ2n) is 15.4. The van der Waals surface area contributed by atoms with E-state index in [2.05, 4.69) is 0 Å². The topological polar surface area (TPSA) is 195 Å². The van der Waals surface area contributed by atoms with Gasteiger partial charge in [0.1, 0.15) is 26.8 Å². The number of anilines is 1. The summed E-state index contributed by atoms with van der Waals surface area (Å²) in [6.45, 7) is 6.89. The maximum absolute atomic E-state index is 12.2. The monoisotopic (exact) mass is 829 g/mol. The number of aliphatic carboxylic acids is 2. The van der Waals surface area contributed by atoms with Crippen molar-refractivity contribution in [1.29, 1.82) is 0 Å². The first-order chi connectivity index (χ1) is 26.6. The van der Waals surface area contributed by atoms with Gasteiger partial charge in [0.2, 0.25) is 12.2 Å². The van der Waals surface area contributed by atoms with E-state index < -0.39 is 43.0 Å². The lowest BCUT2D eigenvalue weighted by atomic mass is 9.78. The number of carboxylic acids is 2. The van der Waals surface area contributed by atoms with Crippen LogP contribution in [0.4, 0.5) is 11.4 Å². The Morgan fingerprint density at radius 3 is 1.95 bits per heavy atom. The molecule has 4 aromatic carbocycles. The number of carboxylic acid groups (broad SMARTS) is 2. The van der Waals surface area contributed by atoms with Crippen molar-refractivity contribution in [2.45, 2.75) is 67.6 Å². The zero-order valence-corrected chi connectivity index (χ0v) is 33.8. The van der Waals surface area contributed by atoms with E-state index in [0.717, 1.165) is 17.6 Å². The molecule has 7 rings (SSSR count). The van der Waals surface area contributed by atoms with E-state index in [9.17, 15) is 45.7 Å². The average Bonchev–Trinajstić information content (AvgIpc) is 3.46. The van der Waals surface area contributed by atoms with E-state index in [1.807, 2.05) is 52.0 Å². The van der Waals surface area contributed by atoms with Gasteiger partial charge < -0.3 is 24.2 Å². The van der Waals surface area contributed by atoms with Crippen LogP contribution in [-0.4, -0.2) is 71.5 Å². The molecule has 3 aliphatic rings. The highest BCUT2D eigenvalue weighted by Gasteiger charge is 2.47. The third-order valence-electron chi connectivity index (χ3n) is 11.2. The van der Waals surface area contributed by atoms with Crippen LogP contribution in [0.3, 0.4) is 0 Å². The molecule has 0 saturated carbocycles. The third-order valence-corrected chi connectivity index (χ3v) is 13.4. The summed E-state index contributed by atoms with van der Waals surface area (Å²) in [7, 11) is -9.58. The van der Waals surface area contributed by atoms with Crippen LogP contribution in [0, 0.1) is 0 Å². The van der Waals surface area contributed by atoms with Crippen molar-refractivity contribution in [3.05, 3.63) is 118 Å². The minimum absolute atomic E-state index is 0.255. The summed E-state index contributed by atoms with van der Waals surface area (Å²) in [6.07, 6.45) is 9.35. The van der Waals surface area contributed by atoms with E-state index in [4.69, 9.17) is 11.6 Å². The van der Waals surface area contributed by atoms with Gasteiger partial charge in [-0.3, -0.25) is 4.79 Å². The van der Waals surface area contributed by atoms with Crippen LogP contribution < -0.4 is 4.90 Å². The molecule has 0 amide bonds. The van der Waals surface area contributed by atoms with Crippen LogP contribution in [0.2, 0.25) is 0 Å². The second kappa shape index (κ2) is 14.1. The van der Waals surface area contributed by atoms with Gasteiger partial charge in [-0.15, -0.1) is 0 Å². The number of carbonyl (C=O) groups is 2. The zero-order valence-electron chi connectivity index (χ0n) is 31.4. The Morgan fingerprint density at radius 1 is 0.772 bits per heavy atom. The third kappa shape index (κ3) is 6.88. The zero-order chi connectivity index (χ0) is 41.4. The van der Waals surface area contributed by atoms with E-state index in [1.54, 1.807) is 33.7 Å². The number of nitrogens with zero attached hydrogens (tertiary/aromatic N) is 2. The highest BCUT2D eigenvalue weighted by molar-refractivity contribution is 7.86. The summed E-state index contributed by atoms with van der Waals surface area (Å²) in [5.74, 6) is -2.15. The van der Waals surface area contributed by atoms with Gasteiger partial charge in [-0.1, -0.05) is 67.9 Å². The van der Waals surface area contributed by atoms with Crippen molar-refractivity contribution in [2.24, 2.45) is 0 Å². The first-order valence-electron chi connectivity index (χ1n) is 18.0. The highest BCUT2D eigenvalue weighted by atomic mass is 35.5. The maximum Gasteiger partial charge on any atom is 0.370 e. The number of allylic oxidation sites excluding steroid dienone is 8. The van der Waals surface area contributed by atoms with Crippen LogP contribution in [0.5, 0.6) is 0 Å². The van der Waals surface area contributed by atoms with Crippen LogP contribution >= 0.6 is 11.6 Å². The van der Waals surface area contributed by atoms with Gasteiger partial charge in [0.15, 0.2) is 5.71 Å². The molecule has 0 spiro atoms. The van der Waals surface area contributed by atoms with Crippen molar-refractivity contribution in [2.75, 3.05) is 18.0 Å². The van der Waals surface area contributed by atoms with Gasteiger partial charge in [0.25, 0.3) is 0 Å². The summed E-state index contributed by atoms with van der Waals surface area (Å²) < 4.78 is 74.4. The molecule has 1 aliphatic carbocycles. The van der Waals surface area contributed by atoms with Crippen molar-refractivity contribution >= 4 is 82.4 Å². The SMILES string of the molecule is CC1(C)C(/C=C/C2=C(Cl)C(=C/C=C3/N(CC(=O)O)c4ccc5c(S(=O)(=O)[O-])cccc5c4C3(C)C)CCC2)=[N+](CC(=O)O)c2ccc3c(S(=O)(=O)[O-])cccc3c21. The number of hydrogen-bond acceptors (Lipinski definition) is 9. The van der Waals surface area contributed by atoms with Gasteiger partial charge in [-0.05, 0) is 102 Å². The molecule has 4 aromatic rings. The smallest absolute Gasteiger partial charge is 0.370 e. The molecule has 0 saturated heterocycles. The van der Waals surface area contributed by atoms with E-state index in [0.29, 0.717) is 62.6 Å². The van der Waals surface area contributed by atoms with Crippen LogP contribution in [-0.2, 0) is 40.7 Å². The lowest BCUT2D eigenvalue weighted by Gasteiger charge is -2.26. The van der Waals surface area contributed by atoms with E-state index in [-0.39, 0.29) is 33.7 Å². The molecule has 2 aliphatic heterocycles. The molecule has 57 heavy (non-hydrogen) atoms. The first-order valence-corrected chi connectivity index (χ1v) is 21.2. The minimum atomic E-state index is -4.79. The fourth-order valence-corrected chi connectivity index (χ4v) is 10.5. The van der Waals surface area contributed by atoms with Gasteiger partial charge >= 0.3 is 11.9 Å². The molecule has 0 fully saturated rings. The number of rotatable bonds is 9. The fraction of sp³-hybridized carbons (Fsp3) is 0.262. The lowest BCUT2D eigenvalue weighted by Crippen LogP contribution is -2.30.